The quantitative estimate of drug-likeness (QED) is 0.521. The van der Waals surface area contributed by atoms with Crippen molar-refractivity contribution in [2.75, 3.05) is 7.11 Å². The van der Waals surface area contributed by atoms with Gasteiger partial charge in [-0.15, -0.1) is 0 Å². The van der Waals surface area contributed by atoms with Gasteiger partial charge in [0.05, 0.1) is 12.0 Å². The molecule has 17 heavy (non-hydrogen) atoms. The molecule has 0 spiro atoms. The lowest BCUT2D eigenvalue weighted by atomic mass is 9.93. The van der Waals surface area contributed by atoms with E-state index in [0.717, 1.165) is 0 Å². The van der Waals surface area contributed by atoms with Crippen molar-refractivity contribution in [1.29, 1.82) is 0 Å². The van der Waals surface area contributed by atoms with Crippen LogP contribution in [0.15, 0.2) is 22.7 Å². The fourth-order valence-corrected chi connectivity index (χ4v) is 2.14. The number of nitro groups is 1. The van der Waals surface area contributed by atoms with E-state index in [1.54, 1.807) is 0 Å². The van der Waals surface area contributed by atoms with Gasteiger partial charge in [-0.25, -0.2) is 4.79 Å². The van der Waals surface area contributed by atoms with E-state index in [-0.39, 0.29) is 5.69 Å². The number of rotatable bonds is 3. The molecule has 2 N–H and O–H groups in total. The third-order valence-electron chi connectivity index (χ3n) is 2.33. The van der Waals surface area contributed by atoms with Crippen LogP contribution in [0.4, 0.5) is 5.69 Å². The highest BCUT2D eigenvalue weighted by Crippen LogP contribution is 2.30. The van der Waals surface area contributed by atoms with E-state index >= 15 is 0 Å². The van der Waals surface area contributed by atoms with E-state index in [0.29, 0.717) is 10.0 Å². The van der Waals surface area contributed by atoms with Gasteiger partial charge in [0.1, 0.15) is 5.54 Å². The highest BCUT2D eigenvalue weighted by atomic mass is 79.9. The molecule has 0 aromatic heterocycles. The largest absolute Gasteiger partial charge is 0.467 e. The number of halogens is 1. The molecule has 0 aliphatic rings. The van der Waals surface area contributed by atoms with Crippen molar-refractivity contribution in [1.82, 2.24) is 0 Å². The second-order valence-corrected chi connectivity index (χ2v) is 4.47. The Morgan fingerprint density at radius 2 is 2.18 bits per heavy atom. The standard InChI is InChI=1S/C10H11BrN2O4/c1-10(12,9(14)17-2)7-4-3-6(13(15)16)5-8(7)11/h3-5H,12H2,1-2H3. The van der Waals surface area contributed by atoms with Crippen LogP contribution in [-0.2, 0) is 15.1 Å². The number of carbonyl (C=O) groups excluding carboxylic acids is 1. The maximum atomic E-state index is 11.5. The molecule has 1 rings (SSSR count). The van der Waals surface area contributed by atoms with Crippen molar-refractivity contribution in [2.45, 2.75) is 12.5 Å². The number of esters is 1. The van der Waals surface area contributed by atoms with E-state index in [1.807, 2.05) is 0 Å². The molecule has 1 unspecified atom stereocenters. The summed E-state index contributed by atoms with van der Waals surface area (Å²) in [6.07, 6.45) is 0. The number of non-ortho nitro benzene ring substituents is 1. The Hall–Kier alpha value is -1.47. The van der Waals surface area contributed by atoms with Crippen molar-refractivity contribution in [3.63, 3.8) is 0 Å². The molecule has 0 saturated carbocycles. The Balaban J connectivity index is 3.25. The highest BCUT2D eigenvalue weighted by Gasteiger charge is 2.34. The van der Waals surface area contributed by atoms with E-state index in [4.69, 9.17) is 5.73 Å². The number of ether oxygens (including phenoxy) is 1. The molecule has 7 heteroatoms. The minimum Gasteiger partial charge on any atom is -0.467 e. The zero-order valence-electron chi connectivity index (χ0n) is 9.27. The Kier molecular flexibility index (Phi) is 3.84. The summed E-state index contributed by atoms with van der Waals surface area (Å²) in [4.78, 5) is 21.5. The number of methoxy groups -OCH3 is 1. The first-order valence-corrected chi connectivity index (χ1v) is 5.41. The summed E-state index contributed by atoms with van der Waals surface area (Å²) in [6.45, 7) is 1.48. The van der Waals surface area contributed by atoms with Crippen molar-refractivity contribution in [3.8, 4) is 0 Å². The van der Waals surface area contributed by atoms with Gasteiger partial charge in [-0.2, -0.15) is 0 Å². The van der Waals surface area contributed by atoms with Crippen molar-refractivity contribution >= 4 is 27.6 Å². The smallest absolute Gasteiger partial charge is 0.330 e. The van der Waals surface area contributed by atoms with Crippen LogP contribution in [0.25, 0.3) is 0 Å². The fourth-order valence-electron chi connectivity index (χ4n) is 1.36. The van der Waals surface area contributed by atoms with E-state index in [2.05, 4.69) is 20.7 Å². The molecule has 92 valence electrons. The van der Waals surface area contributed by atoms with E-state index in [9.17, 15) is 14.9 Å². The molecule has 0 amide bonds. The molecular weight excluding hydrogens is 292 g/mol. The van der Waals surface area contributed by atoms with Gasteiger partial charge in [0.25, 0.3) is 5.69 Å². The molecule has 1 aromatic carbocycles. The van der Waals surface area contributed by atoms with Crippen LogP contribution in [0, 0.1) is 10.1 Å². The molecule has 1 atom stereocenters. The maximum absolute atomic E-state index is 11.5. The van der Waals surface area contributed by atoms with Gasteiger partial charge in [0.15, 0.2) is 0 Å². The van der Waals surface area contributed by atoms with Gasteiger partial charge >= 0.3 is 5.97 Å². The van der Waals surface area contributed by atoms with Gasteiger partial charge < -0.3 is 10.5 Å². The molecule has 0 saturated heterocycles. The predicted octanol–water partition coefficient (Wildman–Crippen LogP) is 1.70. The number of carbonyl (C=O) groups is 1. The lowest BCUT2D eigenvalue weighted by molar-refractivity contribution is -0.385. The van der Waals surface area contributed by atoms with Crippen LogP contribution < -0.4 is 5.73 Å². The summed E-state index contributed by atoms with van der Waals surface area (Å²) in [7, 11) is 1.23. The predicted molar refractivity (Wildman–Crippen MR) is 64.4 cm³/mol. The Morgan fingerprint density at radius 3 is 2.59 bits per heavy atom. The second kappa shape index (κ2) is 4.80. The molecule has 1 aromatic rings. The van der Waals surface area contributed by atoms with Crippen molar-refractivity contribution in [2.24, 2.45) is 5.73 Å². The lowest BCUT2D eigenvalue weighted by Gasteiger charge is -2.22. The summed E-state index contributed by atoms with van der Waals surface area (Å²) in [5, 5.41) is 10.6. The van der Waals surface area contributed by atoms with Crippen LogP contribution in [0.5, 0.6) is 0 Å². The minimum atomic E-state index is -1.36. The topological polar surface area (TPSA) is 95.5 Å². The first-order chi connectivity index (χ1) is 7.80. The third kappa shape index (κ3) is 2.62. The molecule has 0 radical (unpaired) electrons. The van der Waals surface area contributed by atoms with Crippen LogP contribution in [0.1, 0.15) is 12.5 Å². The molecular formula is C10H11BrN2O4. The first-order valence-electron chi connectivity index (χ1n) is 4.62. The van der Waals surface area contributed by atoms with Crippen molar-refractivity contribution < 1.29 is 14.5 Å². The SMILES string of the molecule is COC(=O)C(C)(N)c1ccc([N+](=O)[O-])cc1Br. The number of benzene rings is 1. The number of hydrogen-bond acceptors (Lipinski definition) is 5. The number of nitrogens with two attached hydrogens (primary N) is 1. The number of hydrogen-bond donors (Lipinski definition) is 1. The van der Waals surface area contributed by atoms with Crippen LogP contribution in [-0.4, -0.2) is 18.0 Å². The molecule has 0 aliphatic carbocycles. The normalized spacial score (nSPS) is 13.9. The number of nitro benzene ring substituents is 1. The highest BCUT2D eigenvalue weighted by molar-refractivity contribution is 9.10. The Bertz CT molecular complexity index is 473. The van der Waals surface area contributed by atoms with Gasteiger partial charge in [-0.1, -0.05) is 15.9 Å². The summed E-state index contributed by atoms with van der Waals surface area (Å²) >= 11 is 3.16. The lowest BCUT2D eigenvalue weighted by Crippen LogP contribution is -2.43. The van der Waals surface area contributed by atoms with Crippen LogP contribution >= 0.6 is 15.9 Å². The number of nitrogens with zero attached hydrogens (tertiary/aromatic N) is 1. The van der Waals surface area contributed by atoms with Gasteiger partial charge in [0, 0.05) is 16.6 Å². The average molecular weight is 303 g/mol. The van der Waals surface area contributed by atoms with Crippen LogP contribution in [0.2, 0.25) is 0 Å². The summed E-state index contributed by atoms with van der Waals surface area (Å²) in [5.74, 6) is -0.618. The van der Waals surface area contributed by atoms with E-state index in [1.165, 1.54) is 32.2 Å². The first kappa shape index (κ1) is 13.6. The van der Waals surface area contributed by atoms with Gasteiger partial charge in [-0.3, -0.25) is 10.1 Å². The molecule has 0 fully saturated rings. The molecule has 6 nitrogen and oxygen atoms in total. The Morgan fingerprint density at radius 1 is 1.59 bits per heavy atom. The van der Waals surface area contributed by atoms with Gasteiger partial charge in [-0.05, 0) is 18.6 Å². The molecule has 0 bridgehead atoms. The second-order valence-electron chi connectivity index (χ2n) is 3.62. The average Bonchev–Trinajstić information content (AvgIpc) is 2.27. The molecule has 0 heterocycles. The zero-order valence-corrected chi connectivity index (χ0v) is 10.9. The minimum absolute atomic E-state index is 0.0821. The monoisotopic (exact) mass is 302 g/mol. The zero-order chi connectivity index (χ0) is 13.2. The summed E-state index contributed by atoms with van der Waals surface area (Å²) in [6, 6.07) is 4.01. The van der Waals surface area contributed by atoms with Gasteiger partial charge in [0.2, 0.25) is 0 Å². The fraction of sp³-hybridized carbons (Fsp3) is 0.300. The Labute approximate surface area is 106 Å². The summed E-state index contributed by atoms with van der Waals surface area (Å²) in [5.41, 5.74) is 4.83. The summed E-state index contributed by atoms with van der Waals surface area (Å²) < 4.78 is 4.97. The third-order valence-corrected chi connectivity index (χ3v) is 2.99. The van der Waals surface area contributed by atoms with Crippen LogP contribution in [0.3, 0.4) is 0 Å². The maximum Gasteiger partial charge on any atom is 0.330 e. The molecule has 0 aliphatic heterocycles. The van der Waals surface area contributed by atoms with Crippen molar-refractivity contribution in [3.05, 3.63) is 38.3 Å². The van der Waals surface area contributed by atoms with E-state index < -0.39 is 16.4 Å².